The summed E-state index contributed by atoms with van der Waals surface area (Å²) < 4.78 is 95.1. The fourth-order valence-corrected chi connectivity index (χ4v) is 7.28. The molecule has 33 heavy (non-hydrogen) atoms. The van der Waals surface area contributed by atoms with E-state index in [9.17, 15) is 26.3 Å². The van der Waals surface area contributed by atoms with Crippen LogP contribution in [-0.2, 0) is 19.2 Å². The standard InChI is InChI=1S/C24H26F6O2S/c1-21(2,3)13-7-9-15-17(11-13)33(31-19(15)23(25,26)27)18-12-14(22(4,5)6)8-10-16(18)20(32-33)24(28,29)30/h7-12,19-20H,1-6H3. The van der Waals surface area contributed by atoms with E-state index in [0.29, 0.717) is 11.1 Å². The first-order valence-corrected chi connectivity index (χ1v) is 12.0. The number of fused-ring (bicyclic) bond motifs is 4. The van der Waals surface area contributed by atoms with Gasteiger partial charge in [-0.1, -0.05) is 65.8 Å². The van der Waals surface area contributed by atoms with E-state index in [1.807, 2.05) is 41.5 Å². The Morgan fingerprint density at radius 2 is 0.939 bits per heavy atom. The molecule has 2 aliphatic rings. The average Bonchev–Trinajstić information content (AvgIpc) is 3.16. The van der Waals surface area contributed by atoms with Crippen LogP contribution in [0.3, 0.4) is 0 Å². The maximum Gasteiger partial charge on any atom is 0.421 e. The zero-order valence-corrected chi connectivity index (χ0v) is 19.9. The molecule has 0 fully saturated rings. The number of benzene rings is 2. The lowest BCUT2D eigenvalue weighted by molar-refractivity contribution is -0.203. The van der Waals surface area contributed by atoms with Gasteiger partial charge in [0.25, 0.3) is 0 Å². The second-order valence-corrected chi connectivity index (χ2v) is 12.8. The van der Waals surface area contributed by atoms with Gasteiger partial charge in [0, 0.05) is 11.1 Å². The van der Waals surface area contributed by atoms with Crippen molar-refractivity contribution in [2.24, 2.45) is 0 Å². The summed E-state index contributed by atoms with van der Waals surface area (Å²) in [6, 6.07) is 8.83. The second-order valence-electron chi connectivity index (χ2n) is 10.5. The quantitative estimate of drug-likeness (QED) is 0.343. The molecule has 0 amide bonds. The Morgan fingerprint density at radius 1 is 0.606 bits per heavy atom. The zero-order valence-electron chi connectivity index (χ0n) is 19.1. The van der Waals surface area contributed by atoms with Crippen molar-refractivity contribution in [3.05, 3.63) is 58.7 Å². The fraction of sp³-hybridized carbons (Fsp3) is 0.500. The van der Waals surface area contributed by atoms with Crippen molar-refractivity contribution in [1.29, 1.82) is 0 Å². The van der Waals surface area contributed by atoms with E-state index >= 15 is 0 Å². The maximum atomic E-state index is 14.0. The topological polar surface area (TPSA) is 18.5 Å². The predicted octanol–water partition coefficient (Wildman–Crippen LogP) is 8.60. The number of hydrogen-bond donors (Lipinski definition) is 0. The number of halogens is 6. The van der Waals surface area contributed by atoms with Crippen molar-refractivity contribution in [2.45, 2.75) is 86.7 Å². The molecule has 4 rings (SSSR count). The van der Waals surface area contributed by atoms with Gasteiger partial charge in [-0.3, -0.25) is 8.37 Å². The fourth-order valence-electron chi connectivity index (χ4n) is 4.09. The van der Waals surface area contributed by atoms with E-state index in [-0.39, 0.29) is 20.9 Å². The molecule has 182 valence electrons. The molecule has 2 aromatic carbocycles. The smallest absolute Gasteiger partial charge is 0.257 e. The van der Waals surface area contributed by atoms with Gasteiger partial charge >= 0.3 is 12.4 Å². The van der Waals surface area contributed by atoms with Gasteiger partial charge < -0.3 is 0 Å². The molecule has 2 atom stereocenters. The van der Waals surface area contributed by atoms with E-state index in [1.54, 1.807) is 12.1 Å². The molecule has 0 radical (unpaired) electrons. The van der Waals surface area contributed by atoms with Crippen LogP contribution in [0.4, 0.5) is 26.3 Å². The van der Waals surface area contributed by atoms with Crippen LogP contribution in [-0.4, -0.2) is 12.4 Å². The lowest BCUT2D eigenvalue weighted by atomic mass is 9.86. The Labute approximate surface area is 191 Å². The summed E-state index contributed by atoms with van der Waals surface area (Å²) >= 11 is 0. The van der Waals surface area contributed by atoms with Crippen LogP contribution in [0, 0.1) is 0 Å². The van der Waals surface area contributed by atoms with E-state index in [2.05, 4.69) is 0 Å². The van der Waals surface area contributed by atoms with Gasteiger partial charge in [0.2, 0.25) is 12.2 Å². The largest absolute Gasteiger partial charge is 0.421 e. The highest BCUT2D eigenvalue weighted by Crippen LogP contribution is 2.80. The zero-order chi connectivity index (χ0) is 24.8. The first-order valence-electron chi connectivity index (χ1n) is 10.5. The van der Waals surface area contributed by atoms with Crippen LogP contribution in [0.2, 0.25) is 0 Å². The van der Waals surface area contributed by atoms with Crippen molar-refractivity contribution in [2.75, 3.05) is 0 Å². The van der Waals surface area contributed by atoms with E-state index in [1.165, 1.54) is 24.3 Å². The van der Waals surface area contributed by atoms with Gasteiger partial charge in [-0.25, -0.2) is 0 Å². The van der Waals surface area contributed by atoms with Gasteiger partial charge in [-0.05, 0) is 34.1 Å². The maximum absolute atomic E-state index is 14.0. The lowest BCUT2D eigenvalue weighted by Gasteiger charge is -2.38. The third-order valence-electron chi connectivity index (χ3n) is 5.96. The molecule has 2 nitrogen and oxygen atoms in total. The first kappa shape index (κ1) is 24.4. The third kappa shape index (κ3) is 3.96. The summed E-state index contributed by atoms with van der Waals surface area (Å²) in [5.41, 5.74) is 0.105. The monoisotopic (exact) mass is 492 g/mol. The Bertz CT molecular complexity index is 1000. The average molecular weight is 493 g/mol. The lowest BCUT2D eigenvalue weighted by Crippen LogP contribution is -2.22. The molecule has 0 bridgehead atoms. The van der Waals surface area contributed by atoms with Crippen LogP contribution < -0.4 is 0 Å². The van der Waals surface area contributed by atoms with Gasteiger partial charge in [0.15, 0.2) is 0 Å². The minimum Gasteiger partial charge on any atom is -0.257 e. The Balaban J connectivity index is 2.04. The summed E-state index contributed by atoms with van der Waals surface area (Å²) in [4.78, 5) is 0.104. The number of alkyl halides is 6. The highest BCUT2D eigenvalue weighted by molar-refractivity contribution is 8.26. The van der Waals surface area contributed by atoms with Crippen LogP contribution in [0.15, 0.2) is 46.2 Å². The second kappa shape index (κ2) is 7.15. The van der Waals surface area contributed by atoms with Gasteiger partial charge in [-0.15, -0.1) is 10.6 Å². The van der Waals surface area contributed by atoms with Crippen LogP contribution >= 0.6 is 10.6 Å². The number of hydrogen-bond acceptors (Lipinski definition) is 2. The van der Waals surface area contributed by atoms with E-state index in [4.69, 9.17) is 8.37 Å². The molecule has 2 heterocycles. The van der Waals surface area contributed by atoms with Crippen molar-refractivity contribution in [1.82, 2.24) is 0 Å². The molecule has 2 aliphatic heterocycles. The van der Waals surface area contributed by atoms with Crippen molar-refractivity contribution in [3.8, 4) is 0 Å². The molecule has 2 aromatic rings. The van der Waals surface area contributed by atoms with Crippen molar-refractivity contribution < 1.29 is 34.7 Å². The molecule has 1 spiro atoms. The van der Waals surface area contributed by atoms with E-state index in [0.717, 1.165) is 0 Å². The number of rotatable bonds is 0. The molecule has 0 aromatic heterocycles. The van der Waals surface area contributed by atoms with Gasteiger partial charge in [0.05, 0.1) is 9.79 Å². The Hall–Kier alpha value is -1.71. The summed E-state index contributed by atoms with van der Waals surface area (Å²) in [5, 5.41) is 0. The van der Waals surface area contributed by atoms with Crippen molar-refractivity contribution >= 4 is 10.6 Å². The third-order valence-corrected chi connectivity index (χ3v) is 8.75. The Morgan fingerprint density at radius 3 is 1.21 bits per heavy atom. The first-order chi connectivity index (χ1) is 14.9. The molecule has 2 unspecified atom stereocenters. The molecule has 0 saturated heterocycles. The molecular formula is C24H26F6O2S. The van der Waals surface area contributed by atoms with Gasteiger partial charge in [0.1, 0.15) is 0 Å². The van der Waals surface area contributed by atoms with Crippen LogP contribution in [0.25, 0.3) is 0 Å². The molecule has 0 aliphatic carbocycles. The minimum atomic E-state index is -4.81. The molecular weight excluding hydrogens is 466 g/mol. The Kier molecular flexibility index (Phi) is 5.29. The summed E-state index contributed by atoms with van der Waals surface area (Å²) in [6.45, 7) is 11.3. The molecule has 0 N–H and O–H groups in total. The minimum absolute atomic E-state index is 0.0521. The summed E-state index contributed by atoms with van der Waals surface area (Å²) in [6.07, 6.45) is -14.4. The SMILES string of the molecule is CC(C)(C)c1ccc2c(c1)S1(OC2C(F)(F)F)OC(C(F)(F)F)c2ccc(C(C)(C)C)cc21. The van der Waals surface area contributed by atoms with Gasteiger partial charge in [-0.2, -0.15) is 26.3 Å². The summed E-state index contributed by atoms with van der Waals surface area (Å²) in [5.74, 6) is 0. The molecule has 0 saturated carbocycles. The van der Waals surface area contributed by atoms with Crippen LogP contribution in [0.1, 0.15) is 76.0 Å². The normalized spacial score (nSPS) is 27.4. The summed E-state index contributed by atoms with van der Waals surface area (Å²) in [7, 11) is -3.51. The highest BCUT2D eigenvalue weighted by Gasteiger charge is 2.61. The van der Waals surface area contributed by atoms with E-state index < -0.39 is 46.0 Å². The van der Waals surface area contributed by atoms with Crippen molar-refractivity contribution in [3.63, 3.8) is 0 Å². The molecule has 9 heteroatoms. The predicted molar refractivity (Wildman–Crippen MR) is 114 cm³/mol. The highest BCUT2D eigenvalue weighted by atomic mass is 32.3. The van der Waals surface area contributed by atoms with Crippen LogP contribution in [0.5, 0.6) is 0 Å².